The number of hydrogen-bond acceptors (Lipinski definition) is 6. The van der Waals surface area contributed by atoms with E-state index in [4.69, 9.17) is 14.2 Å². The molecule has 8 heteroatoms. The maximum absolute atomic E-state index is 12.6. The summed E-state index contributed by atoms with van der Waals surface area (Å²) in [4.78, 5) is 37.4. The minimum Gasteiger partial charge on any atom is -0.488 e. The van der Waals surface area contributed by atoms with Crippen LogP contribution < -0.4 is 10.1 Å². The van der Waals surface area contributed by atoms with Crippen molar-refractivity contribution in [1.82, 2.24) is 10.2 Å². The zero-order chi connectivity index (χ0) is 18.0. The molecule has 1 aromatic rings. The predicted molar refractivity (Wildman–Crippen MR) is 85.8 cm³/mol. The molecule has 1 fully saturated rings. The van der Waals surface area contributed by atoms with Crippen molar-refractivity contribution in [2.24, 2.45) is 0 Å². The lowest BCUT2D eigenvalue weighted by atomic mass is 10.0. The van der Waals surface area contributed by atoms with Crippen molar-refractivity contribution in [3.63, 3.8) is 0 Å². The van der Waals surface area contributed by atoms with Gasteiger partial charge in [-0.15, -0.1) is 0 Å². The molecule has 134 valence electrons. The fourth-order valence-corrected chi connectivity index (χ4v) is 3.04. The third-order valence-electron chi connectivity index (χ3n) is 4.41. The Bertz CT molecular complexity index is 700. The molecule has 0 aromatic heterocycles. The van der Waals surface area contributed by atoms with E-state index in [2.05, 4.69) is 5.32 Å². The first-order valence-electron chi connectivity index (χ1n) is 7.99. The van der Waals surface area contributed by atoms with Crippen molar-refractivity contribution >= 4 is 17.7 Å². The number of amides is 3. The molecule has 0 bridgehead atoms. The van der Waals surface area contributed by atoms with Gasteiger partial charge in [-0.25, -0.2) is 0 Å². The molecule has 2 aliphatic heterocycles. The molecule has 2 aliphatic rings. The lowest BCUT2D eigenvalue weighted by Crippen LogP contribution is -2.52. The number of rotatable bonds is 6. The molecule has 3 rings (SSSR count). The van der Waals surface area contributed by atoms with Crippen molar-refractivity contribution in [1.29, 1.82) is 0 Å². The second-order valence-electron chi connectivity index (χ2n) is 5.93. The first-order chi connectivity index (χ1) is 12.0. The first kappa shape index (κ1) is 17.4. The summed E-state index contributed by atoms with van der Waals surface area (Å²) in [6.07, 6.45) is 0.104. The Kier molecular flexibility index (Phi) is 5.00. The molecule has 0 radical (unpaired) electrons. The van der Waals surface area contributed by atoms with Crippen LogP contribution in [-0.2, 0) is 25.6 Å². The Morgan fingerprint density at radius 2 is 2.00 bits per heavy atom. The van der Waals surface area contributed by atoms with Gasteiger partial charge in [-0.2, -0.15) is 0 Å². The number of carbonyl (C=O) groups excluding carboxylic acids is 3. The molecule has 1 aromatic carbocycles. The highest BCUT2D eigenvalue weighted by Gasteiger charge is 2.39. The third-order valence-corrected chi connectivity index (χ3v) is 4.41. The maximum atomic E-state index is 12.6. The summed E-state index contributed by atoms with van der Waals surface area (Å²) in [6.45, 7) is 0.534. The number of fused-ring (bicyclic) bond motifs is 1. The molecule has 8 nitrogen and oxygen atoms in total. The van der Waals surface area contributed by atoms with Crippen molar-refractivity contribution in [2.45, 2.75) is 31.7 Å². The second-order valence-corrected chi connectivity index (χ2v) is 5.93. The van der Waals surface area contributed by atoms with E-state index in [1.165, 1.54) is 19.1 Å². The van der Waals surface area contributed by atoms with Crippen molar-refractivity contribution in [2.75, 3.05) is 20.8 Å². The normalized spacial score (nSPS) is 20.0. The van der Waals surface area contributed by atoms with Crippen LogP contribution in [0.15, 0.2) is 18.2 Å². The Morgan fingerprint density at radius 3 is 2.68 bits per heavy atom. The molecule has 1 atom stereocenters. The predicted octanol–water partition coefficient (Wildman–Crippen LogP) is 0.445. The molecule has 1 N–H and O–H groups in total. The van der Waals surface area contributed by atoms with Crippen LogP contribution in [0.2, 0.25) is 0 Å². The van der Waals surface area contributed by atoms with Crippen LogP contribution in [-0.4, -0.2) is 55.8 Å². The minimum atomic E-state index is -0.617. The summed E-state index contributed by atoms with van der Waals surface area (Å²) in [7, 11) is 3.05. The Hall–Kier alpha value is -2.45. The number of methoxy groups -OCH3 is 2. The molecule has 0 saturated carbocycles. The van der Waals surface area contributed by atoms with Crippen molar-refractivity contribution in [3.05, 3.63) is 29.3 Å². The van der Waals surface area contributed by atoms with Gasteiger partial charge in [0.05, 0.1) is 0 Å². The SMILES string of the molecule is COC(COc1ccc2c(c1)CN(C1CCC(=O)NC1=O)C2=O)OC. The van der Waals surface area contributed by atoms with Gasteiger partial charge < -0.3 is 19.1 Å². The van der Waals surface area contributed by atoms with E-state index < -0.39 is 18.2 Å². The largest absolute Gasteiger partial charge is 0.488 e. The fourth-order valence-electron chi connectivity index (χ4n) is 3.04. The van der Waals surface area contributed by atoms with Gasteiger partial charge in [0.1, 0.15) is 18.4 Å². The van der Waals surface area contributed by atoms with Crippen LogP contribution in [0.5, 0.6) is 5.75 Å². The molecule has 0 spiro atoms. The highest BCUT2D eigenvalue weighted by Crippen LogP contribution is 2.30. The second kappa shape index (κ2) is 7.20. The molecular formula is C17H20N2O6. The van der Waals surface area contributed by atoms with E-state index in [-0.39, 0.29) is 24.8 Å². The van der Waals surface area contributed by atoms with Gasteiger partial charge in [0.2, 0.25) is 11.8 Å². The van der Waals surface area contributed by atoms with Crippen LogP contribution in [0.25, 0.3) is 0 Å². The fraction of sp³-hybridized carbons (Fsp3) is 0.471. The number of imide groups is 1. The Morgan fingerprint density at radius 1 is 1.24 bits per heavy atom. The molecule has 0 aliphatic carbocycles. The standard InChI is InChI=1S/C17H20N2O6/c1-23-15(24-2)9-25-11-3-4-12-10(7-11)8-19(17(12)22)13-5-6-14(20)18-16(13)21/h3-4,7,13,15H,5-6,8-9H2,1-2H3,(H,18,20,21). The molecule has 1 saturated heterocycles. The maximum Gasteiger partial charge on any atom is 0.255 e. The highest BCUT2D eigenvalue weighted by molar-refractivity contribution is 6.05. The van der Waals surface area contributed by atoms with Crippen LogP contribution in [0.4, 0.5) is 0 Å². The summed E-state index contributed by atoms with van der Waals surface area (Å²) in [5, 5.41) is 2.29. The van der Waals surface area contributed by atoms with E-state index >= 15 is 0 Å². The zero-order valence-corrected chi connectivity index (χ0v) is 14.1. The average molecular weight is 348 g/mol. The molecule has 3 amide bonds. The third kappa shape index (κ3) is 3.49. The van der Waals surface area contributed by atoms with Crippen molar-refractivity contribution in [3.8, 4) is 5.75 Å². The molecule has 25 heavy (non-hydrogen) atoms. The summed E-state index contributed by atoms with van der Waals surface area (Å²) < 4.78 is 15.8. The van der Waals surface area contributed by atoms with E-state index in [9.17, 15) is 14.4 Å². The highest BCUT2D eigenvalue weighted by atomic mass is 16.7. The lowest BCUT2D eigenvalue weighted by molar-refractivity contribution is -0.136. The zero-order valence-electron chi connectivity index (χ0n) is 14.1. The molecule has 2 heterocycles. The van der Waals surface area contributed by atoms with Gasteiger partial charge in [0.15, 0.2) is 6.29 Å². The Balaban J connectivity index is 1.71. The summed E-state index contributed by atoms with van der Waals surface area (Å²) in [6, 6.07) is 4.55. The average Bonchev–Trinajstić information content (AvgIpc) is 2.92. The minimum absolute atomic E-state index is 0.206. The smallest absolute Gasteiger partial charge is 0.255 e. The van der Waals surface area contributed by atoms with Gasteiger partial charge in [-0.3, -0.25) is 19.7 Å². The van der Waals surface area contributed by atoms with Gasteiger partial charge >= 0.3 is 0 Å². The van der Waals surface area contributed by atoms with E-state index in [1.807, 2.05) is 0 Å². The van der Waals surface area contributed by atoms with Gasteiger partial charge in [0, 0.05) is 32.7 Å². The summed E-state index contributed by atoms with van der Waals surface area (Å²) in [5.74, 6) is -0.331. The molecular weight excluding hydrogens is 328 g/mol. The van der Waals surface area contributed by atoms with Crippen LogP contribution >= 0.6 is 0 Å². The van der Waals surface area contributed by atoms with Crippen LogP contribution in [0, 0.1) is 0 Å². The molecule has 1 unspecified atom stereocenters. The number of carbonyl (C=O) groups is 3. The quantitative estimate of drug-likeness (QED) is 0.592. The summed E-state index contributed by atoms with van der Waals surface area (Å²) >= 11 is 0. The topological polar surface area (TPSA) is 94.2 Å². The Labute approximate surface area is 145 Å². The number of nitrogens with one attached hydrogen (secondary N) is 1. The van der Waals surface area contributed by atoms with Crippen LogP contribution in [0.1, 0.15) is 28.8 Å². The van der Waals surface area contributed by atoms with Crippen LogP contribution in [0.3, 0.4) is 0 Å². The number of ether oxygens (including phenoxy) is 3. The van der Waals surface area contributed by atoms with Gasteiger partial charge in [0.25, 0.3) is 5.91 Å². The van der Waals surface area contributed by atoms with E-state index in [1.54, 1.807) is 18.2 Å². The van der Waals surface area contributed by atoms with Gasteiger partial charge in [-0.05, 0) is 30.2 Å². The monoisotopic (exact) mass is 348 g/mol. The number of nitrogens with zero attached hydrogens (tertiary/aromatic N) is 1. The van der Waals surface area contributed by atoms with Crippen molar-refractivity contribution < 1.29 is 28.6 Å². The number of piperidine rings is 1. The number of hydrogen-bond donors (Lipinski definition) is 1. The van der Waals surface area contributed by atoms with E-state index in [0.717, 1.165) is 5.56 Å². The lowest BCUT2D eigenvalue weighted by Gasteiger charge is -2.29. The van der Waals surface area contributed by atoms with E-state index in [0.29, 0.717) is 24.3 Å². The summed E-state index contributed by atoms with van der Waals surface area (Å²) in [5.41, 5.74) is 1.34. The number of benzene rings is 1. The van der Waals surface area contributed by atoms with Gasteiger partial charge in [-0.1, -0.05) is 0 Å². The first-order valence-corrected chi connectivity index (χ1v) is 7.99.